The van der Waals surface area contributed by atoms with Crippen molar-refractivity contribution >= 4 is 38.1 Å². The molecule has 0 aliphatic heterocycles. The van der Waals surface area contributed by atoms with Crippen molar-refractivity contribution in [2.75, 3.05) is 10.0 Å². The zero-order chi connectivity index (χ0) is 23.3. The molecule has 6 nitrogen and oxygen atoms in total. The number of sulfonamides is 1. The lowest BCUT2D eigenvalue weighted by atomic mass is 10.1. The molecular weight excluding hydrogens is 436 g/mol. The third kappa shape index (κ3) is 5.32. The molecule has 0 aliphatic rings. The number of anilines is 2. The van der Waals surface area contributed by atoms with Crippen LogP contribution in [0.3, 0.4) is 0 Å². The molecule has 1 atom stereocenters. The van der Waals surface area contributed by atoms with E-state index in [1.165, 1.54) is 12.1 Å². The Kier molecular flexibility index (Phi) is 6.60. The molecule has 4 aromatic carbocycles. The van der Waals surface area contributed by atoms with Gasteiger partial charge in [0.15, 0.2) is 6.10 Å². The second-order valence-electron chi connectivity index (χ2n) is 7.47. The van der Waals surface area contributed by atoms with Gasteiger partial charge in [-0.1, -0.05) is 61.5 Å². The van der Waals surface area contributed by atoms with E-state index in [1.807, 2.05) is 55.5 Å². The third-order valence-electron chi connectivity index (χ3n) is 5.15. The number of carbonyl (C=O) groups is 1. The molecule has 0 aliphatic carbocycles. The molecule has 0 saturated heterocycles. The smallest absolute Gasteiger partial charge is 0.265 e. The van der Waals surface area contributed by atoms with Crippen LogP contribution in [-0.2, 0) is 14.8 Å². The zero-order valence-electron chi connectivity index (χ0n) is 18.1. The van der Waals surface area contributed by atoms with Gasteiger partial charge in [0.25, 0.3) is 15.9 Å². The first-order valence-corrected chi connectivity index (χ1v) is 12.1. The minimum atomic E-state index is -3.80. The molecule has 0 spiro atoms. The quantitative estimate of drug-likeness (QED) is 0.367. The van der Waals surface area contributed by atoms with Crippen molar-refractivity contribution in [3.05, 3.63) is 97.1 Å². The Morgan fingerprint density at radius 2 is 1.52 bits per heavy atom. The Labute approximate surface area is 193 Å². The largest absolute Gasteiger partial charge is 0.481 e. The maximum atomic E-state index is 12.9. The Morgan fingerprint density at radius 3 is 2.24 bits per heavy atom. The molecule has 4 rings (SSSR count). The number of amides is 1. The van der Waals surface area contributed by atoms with Gasteiger partial charge in [-0.15, -0.1) is 0 Å². The van der Waals surface area contributed by atoms with Gasteiger partial charge in [0.05, 0.1) is 10.6 Å². The first-order valence-electron chi connectivity index (χ1n) is 10.6. The van der Waals surface area contributed by atoms with Gasteiger partial charge in [-0.25, -0.2) is 8.42 Å². The summed E-state index contributed by atoms with van der Waals surface area (Å²) in [5, 5.41) is 4.55. The molecule has 0 aromatic heterocycles. The molecule has 0 bridgehead atoms. The number of hydrogen-bond donors (Lipinski definition) is 2. The molecule has 1 amide bonds. The molecule has 0 saturated carbocycles. The van der Waals surface area contributed by atoms with Crippen LogP contribution >= 0.6 is 0 Å². The lowest BCUT2D eigenvalue weighted by molar-refractivity contribution is -0.122. The number of para-hydroxylation sites is 1. The van der Waals surface area contributed by atoms with Crippen molar-refractivity contribution < 1.29 is 17.9 Å². The maximum absolute atomic E-state index is 12.9. The molecule has 7 heteroatoms. The molecule has 0 unspecified atom stereocenters. The van der Waals surface area contributed by atoms with Crippen LogP contribution in [0.15, 0.2) is 102 Å². The molecule has 0 radical (unpaired) electrons. The molecular formula is C26H24N2O4S. The Balaban J connectivity index is 1.46. The molecule has 0 heterocycles. The highest BCUT2D eigenvalue weighted by Gasteiger charge is 2.20. The van der Waals surface area contributed by atoms with Crippen LogP contribution in [0.4, 0.5) is 11.4 Å². The van der Waals surface area contributed by atoms with E-state index in [2.05, 4.69) is 10.0 Å². The van der Waals surface area contributed by atoms with Crippen LogP contribution < -0.4 is 14.8 Å². The summed E-state index contributed by atoms with van der Waals surface area (Å²) in [4.78, 5) is 12.7. The average Bonchev–Trinajstić information content (AvgIpc) is 2.83. The fourth-order valence-corrected chi connectivity index (χ4v) is 4.52. The summed E-state index contributed by atoms with van der Waals surface area (Å²) in [7, 11) is -3.80. The number of fused-ring (bicyclic) bond motifs is 1. The summed E-state index contributed by atoms with van der Waals surface area (Å²) in [5.41, 5.74) is 0.994. The highest BCUT2D eigenvalue weighted by molar-refractivity contribution is 7.92. The lowest BCUT2D eigenvalue weighted by Crippen LogP contribution is -2.32. The summed E-state index contributed by atoms with van der Waals surface area (Å²) in [5.74, 6) is 0.311. The fraction of sp³-hybridized carbons (Fsp3) is 0.115. The predicted octanol–water partition coefficient (Wildman–Crippen LogP) is 5.44. The van der Waals surface area contributed by atoms with Gasteiger partial charge < -0.3 is 10.1 Å². The summed E-state index contributed by atoms with van der Waals surface area (Å²) >= 11 is 0. The third-order valence-corrected chi connectivity index (χ3v) is 6.53. The monoisotopic (exact) mass is 460 g/mol. The number of carbonyl (C=O) groups excluding carboxylic acids is 1. The van der Waals surface area contributed by atoms with E-state index in [9.17, 15) is 13.2 Å². The summed E-state index contributed by atoms with van der Waals surface area (Å²) in [6.07, 6.45) is -0.175. The topological polar surface area (TPSA) is 84.5 Å². The van der Waals surface area contributed by atoms with Crippen LogP contribution in [0.5, 0.6) is 5.75 Å². The standard InChI is InChI=1S/C26H24N2O4S/c1-2-25(32-21-11-4-3-5-12-21)26(29)27-20-15-17-22(18-16-20)33(30,31)28-24-14-8-10-19-9-6-7-13-23(19)24/h3-18,25,28H,2H2,1H3,(H,27,29)/t25-/m1/s1. The van der Waals surface area contributed by atoms with Gasteiger partial charge in [0, 0.05) is 11.1 Å². The van der Waals surface area contributed by atoms with E-state index in [0.29, 0.717) is 23.5 Å². The van der Waals surface area contributed by atoms with Gasteiger partial charge in [-0.2, -0.15) is 0 Å². The molecule has 2 N–H and O–H groups in total. The van der Waals surface area contributed by atoms with Crippen molar-refractivity contribution in [2.24, 2.45) is 0 Å². The first kappa shape index (κ1) is 22.4. The molecule has 4 aromatic rings. The summed E-state index contributed by atoms with van der Waals surface area (Å²) < 4.78 is 34.3. The number of benzene rings is 4. The first-order chi connectivity index (χ1) is 16.0. The molecule has 0 fully saturated rings. The van der Waals surface area contributed by atoms with E-state index in [4.69, 9.17) is 4.74 Å². The second kappa shape index (κ2) is 9.75. The van der Waals surface area contributed by atoms with Gasteiger partial charge >= 0.3 is 0 Å². The molecule has 33 heavy (non-hydrogen) atoms. The number of nitrogens with one attached hydrogen (secondary N) is 2. The Morgan fingerprint density at radius 1 is 0.848 bits per heavy atom. The van der Waals surface area contributed by atoms with Crippen molar-refractivity contribution in [1.29, 1.82) is 0 Å². The van der Waals surface area contributed by atoms with E-state index in [-0.39, 0.29) is 10.8 Å². The van der Waals surface area contributed by atoms with Crippen molar-refractivity contribution in [1.82, 2.24) is 0 Å². The van der Waals surface area contributed by atoms with Gasteiger partial charge in [-0.05, 0) is 54.3 Å². The Bertz CT molecular complexity index is 1350. The van der Waals surface area contributed by atoms with Crippen molar-refractivity contribution in [3.8, 4) is 5.75 Å². The lowest BCUT2D eigenvalue weighted by Gasteiger charge is -2.17. The maximum Gasteiger partial charge on any atom is 0.265 e. The second-order valence-corrected chi connectivity index (χ2v) is 9.16. The summed E-state index contributed by atoms with van der Waals surface area (Å²) in [6, 6.07) is 28.2. The SMILES string of the molecule is CC[C@@H](Oc1ccccc1)C(=O)Nc1ccc(S(=O)(=O)Nc2cccc3ccccc23)cc1. The number of ether oxygens (including phenoxy) is 1. The fourth-order valence-electron chi connectivity index (χ4n) is 3.44. The minimum absolute atomic E-state index is 0.0982. The van der Waals surface area contributed by atoms with Crippen LogP contribution in [0.1, 0.15) is 13.3 Å². The van der Waals surface area contributed by atoms with Crippen molar-refractivity contribution in [2.45, 2.75) is 24.3 Å². The van der Waals surface area contributed by atoms with Gasteiger partial charge in [0.2, 0.25) is 0 Å². The van der Waals surface area contributed by atoms with Gasteiger partial charge in [0.1, 0.15) is 5.75 Å². The van der Waals surface area contributed by atoms with E-state index in [1.54, 1.807) is 36.4 Å². The van der Waals surface area contributed by atoms with Crippen molar-refractivity contribution in [3.63, 3.8) is 0 Å². The van der Waals surface area contributed by atoms with Crippen LogP contribution in [0, 0.1) is 0 Å². The molecule has 168 valence electrons. The van der Waals surface area contributed by atoms with E-state index < -0.39 is 16.1 Å². The Hall–Kier alpha value is -3.84. The highest BCUT2D eigenvalue weighted by atomic mass is 32.2. The average molecular weight is 461 g/mol. The van der Waals surface area contributed by atoms with Crippen LogP contribution in [0.25, 0.3) is 10.8 Å². The number of hydrogen-bond acceptors (Lipinski definition) is 4. The number of rotatable bonds is 8. The van der Waals surface area contributed by atoms with Crippen LogP contribution in [0.2, 0.25) is 0 Å². The highest BCUT2D eigenvalue weighted by Crippen LogP contribution is 2.26. The van der Waals surface area contributed by atoms with Gasteiger partial charge in [-0.3, -0.25) is 9.52 Å². The minimum Gasteiger partial charge on any atom is -0.481 e. The summed E-state index contributed by atoms with van der Waals surface area (Å²) in [6.45, 7) is 1.86. The van der Waals surface area contributed by atoms with E-state index >= 15 is 0 Å². The zero-order valence-corrected chi connectivity index (χ0v) is 18.9. The predicted molar refractivity (Wildman–Crippen MR) is 131 cm³/mol. The normalized spacial score (nSPS) is 12.2. The van der Waals surface area contributed by atoms with Crippen LogP contribution in [-0.4, -0.2) is 20.4 Å². The van der Waals surface area contributed by atoms with E-state index in [0.717, 1.165) is 10.8 Å².